The van der Waals surface area contributed by atoms with E-state index in [4.69, 9.17) is 23.2 Å². The fourth-order valence-corrected chi connectivity index (χ4v) is 5.20. The molecule has 1 amide bonds. The van der Waals surface area contributed by atoms with Gasteiger partial charge in [0.25, 0.3) is 0 Å². The zero-order chi connectivity index (χ0) is 20.5. The highest BCUT2D eigenvalue weighted by molar-refractivity contribution is 6.42. The summed E-state index contributed by atoms with van der Waals surface area (Å²) in [5, 5.41) is 1.01. The van der Waals surface area contributed by atoms with E-state index in [9.17, 15) is 4.79 Å². The Hall–Kier alpha value is -1.55. The molecule has 0 bridgehead atoms. The second-order valence-electron chi connectivity index (χ2n) is 8.41. The lowest BCUT2D eigenvalue weighted by molar-refractivity contribution is -0.137. The lowest BCUT2D eigenvalue weighted by atomic mass is 9.81. The third kappa shape index (κ3) is 4.19. The molecular formula is C24H28Cl2N2O. The zero-order valence-electron chi connectivity index (χ0n) is 17.1. The maximum absolute atomic E-state index is 13.5. The minimum absolute atomic E-state index is 0.0887. The van der Waals surface area contributed by atoms with Crippen LogP contribution in [0.4, 0.5) is 0 Å². The standard InChI is InChI=1S/C24H28Cl2N2O/c1-16-17(2)28(24(29)14-18-9-10-21(25)22(26)13-18)23(15-27-11-5-6-12-27)20-8-4-3-7-19(16)20/h3-4,7-10,13,16-17,23H,5-6,11-12,14-15H2,1-2H3/t16-,17-,23+/m0/s1. The Morgan fingerprint density at radius 3 is 2.38 bits per heavy atom. The van der Waals surface area contributed by atoms with Crippen molar-refractivity contribution in [1.82, 2.24) is 9.80 Å². The lowest BCUT2D eigenvalue weighted by Gasteiger charge is -2.46. The molecule has 0 aromatic heterocycles. The van der Waals surface area contributed by atoms with Crippen LogP contribution in [0, 0.1) is 0 Å². The average molecular weight is 431 g/mol. The van der Waals surface area contributed by atoms with Gasteiger partial charge in [0, 0.05) is 18.5 Å². The summed E-state index contributed by atoms with van der Waals surface area (Å²) in [4.78, 5) is 18.2. The van der Waals surface area contributed by atoms with E-state index in [1.807, 2.05) is 12.1 Å². The van der Waals surface area contributed by atoms with Crippen LogP contribution in [-0.4, -0.2) is 41.4 Å². The number of likely N-dealkylation sites (tertiary alicyclic amines) is 1. The van der Waals surface area contributed by atoms with Crippen molar-refractivity contribution in [2.75, 3.05) is 19.6 Å². The largest absolute Gasteiger partial charge is 0.331 e. The number of nitrogens with zero attached hydrogens (tertiary/aromatic N) is 2. The number of hydrogen-bond donors (Lipinski definition) is 0. The van der Waals surface area contributed by atoms with Gasteiger partial charge in [-0.2, -0.15) is 0 Å². The fraction of sp³-hybridized carbons (Fsp3) is 0.458. The number of benzene rings is 2. The van der Waals surface area contributed by atoms with Gasteiger partial charge in [-0.1, -0.05) is 60.5 Å². The summed E-state index contributed by atoms with van der Waals surface area (Å²) in [6.45, 7) is 7.56. The first-order valence-corrected chi connectivity index (χ1v) is 11.3. The Labute approximate surface area is 183 Å². The summed E-state index contributed by atoms with van der Waals surface area (Å²) in [5.41, 5.74) is 3.58. The molecule has 0 aliphatic carbocycles. The minimum Gasteiger partial charge on any atom is -0.331 e. The number of fused-ring (bicyclic) bond motifs is 1. The highest BCUT2D eigenvalue weighted by Crippen LogP contribution is 2.41. The molecule has 0 spiro atoms. The van der Waals surface area contributed by atoms with Gasteiger partial charge in [0.15, 0.2) is 0 Å². The van der Waals surface area contributed by atoms with Crippen LogP contribution in [0.2, 0.25) is 10.0 Å². The first-order valence-electron chi connectivity index (χ1n) is 10.5. The number of amides is 1. The minimum atomic E-state index is 0.0887. The third-order valence-electron chi connectivity index (χ3n) is 6.60. The molecule has 3 nitrogen and oxygen atoms in total. The molecule has 1 saturated heterocycles. The van der Waals surface area contributed by atoms with Gasteiger partial charge < -0.3 is 9.80 Å². The Kier molecular flexibility index (Phi) is 6.19. The van der Waals surface area contributed by atoms with Crippen LogP contribution in [0.25, 0.3) is 0 Å². The summed E-state index contributed by atoms with van der Waals surface area (Å²) >= 11 is 12.2. The van der Waals surface area contributed by atoms with Gasteiger partial charge >= 0.3 is 0 Å². The van der Waals surface area contributed by atoms with E-state index < -0.39 is 0 Å². The Bertz CT molecular complexity index is 894. The van der Waals surface area contributed by atoms with Gasteiger partial charge in [0.1, 0.15) is 0 Å². The molecule has 2 heterocycles. The maximum atomic E-state index is 13.5. The summed E-state index contributed by atoms with van der Waals surface area (Å²) < 4.78 is 0. The van der Waals surface area contributed by atoms with Crippen LogP contribution in [0.15, 0.2) is 42.5 Å². The summed E-state index contributed by atoms with van der Waals surface area (Å²) in [6.07, 6.45) is 2.84. The molecule has 2 aromatic rings. The molecular weight excluding hydrogens is 403 g/mol. The second kappa shape index (κ2) is 8.67. The van der Waals surface area contributed by atoms with Gasteiger partial charge in [-0.05, 0) is 61.7 Å². The van der Waals surface area contributed by atoms with Crippen molar-refractivity contribution in [3.8, 4) is 0 Å². The number of rotatable bonds is 4. The molecule has 4 rings (SSSR count). The van der Waals surface area contributed by atoms with Crippen molar-refractivity contribution in [2.45, 2.75) is 51.1 Å². The third-order valence-corrected chi connectivity index (χ3v) is 7.34. The van der Waals surface area contributed by atoms with Crippen LogP contribution in [-0.2, 0) is 11.2 Å². The first kappa shape index (κ1) is 20.7. The number of carbonyl (C=O) groups excluding carboxylic acids is 1. The van der Waals surface area contributed by atoms with Crippen molar-refractivity contribution < 1.29 is 4.79 Å². The highest BCUT2D eigenvalue weighted by atomic mass is 35.5. The smallest absolute Gasteiger partial charge is 0.227 e. The quantitative estimate of drug-likeness (QED) is 0.619. The molecule has 2 aromatic carbocycles. The second-order valence-corrected chi connectivity index (χ2v) is 9.22. The zero-order valence-corrected chi connectivity index (χ0v) is 18.6. The van der Waals surface area contributed by atoms with E-state index >= 15 is 0 Å². The van der Waals surface area contributed by atoms with E-state index in [0.717, 1.165) is 25.2 Å². The van der Waals surface area contributed by atoms with Gasteiger partial charge in [0.2, 0.25) is 5.91 Å². The van der Waals surface area contributed by atoms with Gasteiger partial charge in [-0.15, -0.1) is 0 Å². The van der Waals surface area contributed by atoms with Gasteiger partial charge in [-0.3, -0.25) is 4.79 Å². The van der Waals surface area contributed by atoms with E-state index in [1.165, 1.54) is 24.0 Å². The van der Waals surface area contributed by atoms with Crippen molar-refractivity contribution in [3.05, 3.63) is 69.2 Å². The Morgan fingerprint density at radius 2 is 1.69 bits per heavy atom. The van der Waals surface area contributed by atoms with Crippen molar-refractivity contribution in [2.24, 2.45) is 0 Å². The molecule has 5 heteroatoms. The van der Waals surface area contributed by atoms with Crippen LogP contribution in [0.5, 0.6) is 0 Å². The Morgan fingerprint density at radius 1 is 1.00 bits per heavy atom. The molecule has 3 atom stereocenters. The van der Waals surface area contributed by atoms with Crippen LogP contribution < -0.4 is 0 Å². The SMILES string of the molecule is C[C@@H]1c2ccccc2[C@@H](CN2CCCC2)N(C(=O)Cc2ccc(Cl)c(Cl)c2)[C@H]1C. The molecule has 2 aliphatic rings. The predicted octanol–water partition coefficient (Wildman–Crippen LogP) is 5.71. The predicted molar refractivity (Wildman–Crippen MR) is 120 cm³/mol. The van der Waals surface area contributed by atoms with Crippen LogP contribution in [0.3, 0.4) is 0 Å². The molecule has 29 heavy (non-hydrogen) atoms. The molecule has 0 unspecified atom stereocenters. The topological polar surface area (TPSA) is 23.6 Å². The summed E-state index contributed by atoms with van der Waals surface area (Å²) in [7, 11) is 0. The molecule has 0 saturated carbocycles. The summed E-state index contributed by atoms with van der Waals surface area (Å²) in [5.74, 6) is 0.459. The van der Waals surface area contributed by atoms with Crippen molar-refractivity contribution in [1.29, 1.82) is 0 Å². The van der Waals surface area contributed by atoms with E-state index in [2.05, 4.69) is 47.9 Å². The highest BCUT2D eigenvalue weighted by Gasteiger charge is 2.39. The van der Waals surface area contributed by atoms with E-state index in [-0.39, 0.29) is 18.0 Å². The molecule has 0 N–H and O–H groups in total. The van der Waals surface area contributed by atoms with Crippen LogP contribution >= 0.6 is 23.2 Å². The van der Waals surface area contributed by atoms with Crippen molar-refractivity contribution in [3.63, 3.8) is 0 Å². The van der Waals surface area contributed by atoms with Crippen LogP contribution in [0.1, 0.15) is 55.3 Å². The normalized spacial score (nSPS) is 24.6. The number of carbonyl (C=O) groups is 1. The molecule has 1 fully saturated rings. The molecule has 2 aliphatic heterocycles. The fourth-order valence-electron chi connectivity index (χ4n) is 4.88. The molecule has 154 valence electrons. The monoisotopic (exact) mass is 430 g/mol. The molecule has 0 radical (unpaired) electrons. The maximum Gasteiger partial charge on any atom is 0.227 e. The van der Waals surface area contributed by atoms with E-state index in [0.29, 0.717) is 22.4 Å². The van der Waals surface area contributed by atoms with E-state index in [1.54, 1.807) is 6.07 Å². The lowest BCUT2D eigenvalue weighted by Crippen LogP contribution is -2.51. The van der Waals surface area contributed by atoms with Gasteiger partial charge in [0.05, 0.1) is 22.5 Å². The number of hydrogen-bond acceptors (Lipinski definition) is 2. The van der Waals surface area contributed by atoms with Crippen molar-refractivity contribution >= 4 is 29.1 Å². The average Bonchev–Trinajstić information content (AvgIpc) is 3.22. The summed E-state index contributed by atoms with van der Waals surface area (Å²) in [6, 6.07) is 14.4. The van der Waals surface area contributed by atoms with Gasteiger partial charge in [-0.25, -0.2) is 0 Å². The first-order chi connectivity index (χ1) is 14.0. The number of halogens is 2. The Balaban J connectivity index is 1.66.